The fraction of sp³-hybridized carbons (Fsp3) is 0.273. The molecule has 5 nitrogen and oxygen atoms in total. The highest BCUT2D eigenvalue weighted by atomic mass is 16.1. The van der Waals surface area contributed by atoms with Gasteiger partial charge in [0, 0.05) is 24.4 Å². The molecule has 0 amide bonds. The Bertz CT molecular complexity index is 539. The zero-order valence-electron chi connectivity index (χ0n) is 8.68. The average molecular weight is 216 g/mol. The monoisotopic (exact) mass is 216 g/mol. The Morgan fingerprint density at radius 2 is 2.12 bits per heavy atom. The fourth-order valence-electron chi connectivity index (χ4n) is 1.63. The summed E-state index contributed by atoms with van der Waals surface area (Å²) in [5.74, 6) is 1.82. The van der Waals surface area contributed by atoms with E-state index in [-0.39, 0.29) is 5.56 Å². The summed E-state index contributed by atoms with van der Waals surface area (Å²) in [4.78, 5) is 18.6. The van der Waals surface area contributed by atoms with Crippen LogP contribution in [0, 0.1) is 0 Å². The topological polar surface area (TPSA) is 62.7 Å². The summed E-state index contributed by atoms with van der Waals surface area (Å²) >= 11 is 0. The third-order valence-corrected chi connectivity index (χ3v) is 2.57. The molecule has 0 radical (unpaired) electrons. The summed E-state index contributed by atoms with van der Waals surface area (Å²) in [6.45, 7) is 0. The van der Waals surface area contributed by atoms with Crippen LogP contribution in [0.3, 0.4) is 0 Å². The highest BCUT2D eigenvalue weighted by Crippen LogP contribution is 2.37. The van der Waals surface area contributed by atoms with Crippen LogP contribution in [0.25, 0.3) is 0 Å². The molecule has 3 rings (SSSR count). The quantitative estimate of drug-likeness (QED) is 0.813. The van der Waals surface area contributed by atoms with E-state index in [1.807, 2.05) is 24.5 Å². The number of nitrogens with one attached hydrogen (secondary N) is 2. The maximum atomic E-state index is 11.4. The van der Waals surface area contributed by atoms with Gasteiger partial charge in [0.2, 0.25) is 0 Å². The van der Waals surface area contributed by atoms with Crippen molar-refractivity contribution in [1.82, 2.24) is 14.6 Å². The zero-order valence-corrected chi connectivity index (χ0v) is 8.68. The molecule has 0 spiro atoms. The second-order valence-corrected chi connectivity index (χ2v) is 3.99. The Balaban J connectivity index is 1.91. The van der Waals surface area contributed by atoms with Gasteiger partial charge in [0.15, 0.2) is 5.82 Å². The second-order valence-electron chi connectivity index (χ2n) is 3.99. The van der Waals surface area contributed by atoms with Gasteiger partial charge >= 0.3 is 0 Å². The summed E-state index contributed by atoms with van der Waals surface area (Å²) in [6.07, 6.45) is 5.96. The molecule has 5 heteroatoms. The van der Waals surface area contributed by atoms with Crippen LogP contribution in [0.15, 0.2) is 35.4 Å². The number of anilines is 1. The van der Waals surface area contributed by atoms with Gasteiger partial charge in [-0.05, 0) is 25.0 Å². The molecule has 0 unspecified atom stereocenters. The molecule has 2 aromatic heterocycles. The van der Waals surface area contributed by atoms with Gasteiger partial charge in [-0.25, -0.2) is 4.98 Å². The van der Waals surface area contributed by atoms with E-state index in [9.17, 15) is 4.79 Å². The molecule has 16 heavy (non-hydrogen) atoms. The van der Waals surface area contributed by atoms with Crippen LogP contribution >= 0.6 is 0 Å². The Labute approximate surface area is 92.1 Å². The Kier molecular flexibility index (Phi) is 2.02. The lowest BCUT2D eigenvalue weighted by Crippen LogP contribution is -2.15. The van der Waals surface area contributed by atoms with Crippen molar-refractivity contribution in [3.8, 4) is 0 Å². The predicted molar refractivity (Wildman–Crippen MR) is 60.3 cm³/mol. The second kappa shape index (κ2) is 3.52. The van der Waals surface area contributed by atoms with Crippen molar-refractivity contribution in [3.05, 3.63) is 46.8 Å². The van der Waals surface area contributed by atoms with E-state index in [4.69, 9.17) is 0 Å². The highest BCUT2D eigenvalue weighted by molar-refractivity contribution is 5.33. The molecule has 0 aromatic carbocycles. The Hall–Kier alpha value is -2.04. The molecule has 2 aromatic rings. The number of aromatic nitrogens is 3. The van der Waals surface area contributed by atoms with E-state index in [0.717, 1.165) is 18.7 Å². The van der Waals surface area contributed by atoms with Crippen molar-refractivity contribution in [3.63, 3.8) is 0 Å². The standard InChI is InChI=1S/C11H12N4O/c16-10-7-9(14-15-5-1-2-6-15)12-11(13-10)8-3-4-8/h1-2,5-8H,3-4H2,(H2,12,13,14,16). The van der Waals surface area contributed by atoms with Gasteiger partial charge in [0.05, 0.1) is 0 Å². The number of rotatable bonds is 3. The van der Waals surface area contributed by atoms with Crippen LogP contribution < -0.4 is 11.0 Å². The molecular weight excluding hydrogens is 204 g/mol. The summed E-state index contributed by atoms with van der Waals surface area (Å²) in [7, 11) is 0. The Morgan fingerprint density at radius 3 is 2.81 bits per heavy atom. The van der Waals surface area contributed by atoms with Gasteiger partial charge in [-0.3, -0.25) is 14.9 Å². The van der Waals surface area contributed by atoms with Crippen molar-refractivity contribution in [2.24, 2.45) is 0 Å². The van der Waals surface area contributed by atoms with Crippen LogP contribution in [0.1, 0.15) is 24.6 Å². The number of nitrogens with zero attached hydrogens (tertiary/aromatic N) is 2. The molecule has 1 aliphatic rings. The fourth-order valence-corrected chi connectivity index (χ4v) is 1.63. The van der Waals surface area contributed by atoms with Crippen molar-refractivity contribution in [1.29, 1.82) is 0 Å². The number of hydrogen-bond acceptors (Lipinski definition) is 3. The van der Waals surface area contributed by atoms with Gasteiger partial charge in [0.1, 0.15) is 5.82 Å². The van der Waals surface area contributed by atoms with E-state index in [1.54, 1.807) is 4.68 Å². The number of H-pyrrole nitrogens is 1. The molecule has 1 fully saturated rings. The van der Waals surface area contributed by atoms with Crippen molar-refractivity contribution in [2.75, 3.05) is 5.43 Å². The highest BCUT2D eigenvalue weighted by Gasteiger charge is 2.26. The molecule has 0 atom stereocenters. The van der Waals surface area contributed by atoms with Crippen molar-refractivity contribution >= 4 is 5.82 Å². The molecule has 1 saturated carbocycles. The first-order chi connectivity index (χ1) is 7.81. The third kappa shape index (κ3) is 1.84. The van der Waals surface area contributed by atoms with Crippen LogP contribution in [-0.4, -0.2) is 14.6 Å². The average Bonchev–Trinajstić information content (AvgIpc) is 2.98. The molecule has 2 N–H and O–H groups in total. The van der Waals surface area contributed by atoms with E-state index < -0.39 is 0 Å². The minimum absolute atomic E-state index is 0.105. The number of aromatic amines is 1. The van der Waals surface area contributed by atoms with E-state index in [1.165, 1.54) is 6.07 Å². The minimum Gasteiger partial charge on any atom is -0.310 e. The van der Waals surface area contributed by atoms with Gasteiger partial charge in [-0.2, -0.15) is 0 Å². The third-order valence-electron chi connectivity index (χ3n) is 2.57. The normalized spacial score (nSPS) is 15.0. The zero-order chi connectivity index (χ0) is 11.0. The summed E-state index contributed by atoms with van der Waals surface area (Å²) in [6, 6.07) is 5.27. The first-order valence-corrected chi connectivity index (χ1v) is 5.32. The molecule has 2 heterocycles. The van der Waals surface area contributed by atoms with Crippen LogP contribution in [-0.2, 0) is 0 Å². The molecular formula is C11H12N4O. The minimum atomic E-state index is -0.105. The van der Waals surface area contributed by atoms with Crippen LogP contribution in [0.2, 0.25) is 0 Å². The SMILES string of the molecule is O=c1cc(Nn2cccc2)nc(C2CC2)[nH]1. The summed E-state index contributed by atoms with van der Waals surface area (Å²) < 4.78 is 1.76. The predicted octanol–water partition coefficient (Wildman–Crippen LogP) is 1.32. The molecule has 0 aliphatic heterocycles. The van der Waals surface area contributed by atoms with Crippen molar-refractivity contribution in [2.45, 2.75) is 18.8 Å². The first kappa shape index (κ1) is 9.21. The molecule has 0 bridgehead atoms. The van der Waals surface area contributed by atoms with Gasteiger partial charge in [-0.1, -0.05) is 0 Å². The number of hydrogen-bond donors (Lipinski definition) is 2. The summed E-state index contributed by atoms with van der Waals surface area (Å²) in [5.41, 5.74) is 2.93. The van der Waals surface area contributed by atoms with Gasteiger partial charge < -0.3 is 4.98 Å². The largest absolute Gasteiger partial charge is 0.310 e. The van der Waals surface area contributed by atoms with E-state index in [2.05, 4.69) is 15.4 Å². The lowest BCUT2D eigenvalue weighted by atomic mass is 10.4. The van der Waals surface area contributed by atoms with Crippen LogP contribution in [0.4, 0.5) is 5.82 Å². The maximum absolute atomic E-state index is 11.4. The lowest BCUT2D eigenvalue weighted by molar-refractivity contribution is 0.880. The molecule has 1 aliphatic carbocycles. The molecule has 82 valence electrons. The lowest BCUT2D eigenvalue weighted by Gasteiger charge is -2.07. The Morgan fingerprint density at radius 1 is 1.38 bits per heavy atom. The first-order valence-electron chi connectivity index (χ1n) is 5.32. The summed E-state index contributed by atoms with van der Waals surface area (Å²) in [5, 5.41) is 0. The van der Waals surface area contributed by atoms with Gasteiger partial charge in [0.25, 0.3) is 5.56 Å². The smallest absolute Gasteiger partial charge is 0.253 e. The van der Waals surface area contributed by atoms with Crippen LogP contribution in [0.5, 0.6) is 0 Å². The van der Waals surface area contributed by atoms with E-state index >= 15 is 0 Å². The van der Waals surface area contributed by atoms with E-state index in [0.29, 0.717) is 11.7 Å². The maximum Gasteiger partial charge on any atom is 0.253 e. The van der Waals surface area contributed by atoms with Gasteiger partial charge in [-0.15, -0.1) is 0 Å². The molecule has 0 saturated heterocycles. The van der Waals surface area contributed by atoms with Crippen molar-refractivity contribution < 1.29 is 0 Å².